The maximum Gasteiger partial charge on any atom is 0.322 e. The lowest BCUT2D eigenvalue weighted by Gasteiger charge is -2.06. The fourth-order valence-corrected chi connectivity index (χ4v) is 1.28. The summed E-state index contributed by atoms with van der Waals surface area (Å²) in [5.74, 6) is 1.38. The highest BCUT2D eigenvalue weighted by atomic mass is 16.5. The van der Waals surface area contributed by atoms with Crippen LogP contribution in [-0.4, -0.2) is 16.6 Å². The minimum Gasteiger partial charge on any atom is -0.494 e. The third-order valence-electron chi connectivity index (χ3n) is 1.97. The molecule has 17 heavy (non-hydrogen) atoms. The van der Waals surface area contributed by atoms with Gasteiger partial charge in [0.2, 0.25) is 0 Å². The fraction of sp³-hybridized carbons (Fsp3) is 0.167. The van der Waals surface area contributed by atoms with E-state index in [-0.39, 0.29) is 6.01 Å². The summed E-state index contributed by atoms with van der Waals surface area (Å²) in [6.07, 6.45) is 2.99. The topological polar surface area (TPSA) is 70.3 Å². The van der Waals surface area contributed by atoms with E-state index in [1.54, 1.807) is 6.07 Å². The van der Waals surface area contributed by atoms with Gasteiger partial charge in [0.15, 0.2) is 0 Å². The summed E-state index contributed by atoms with van der Waals surface area (Å²) in [5.41, 5.74) is 5.98. The van der Waals surface area contributed by atoms with Gasteiger partial charge in [0.25, 0.3) is 0 Å². The van der Waals surface area contributed by atoms with Gasteiger partial charge in [-0.3, -0.25) is 0 Å². The van der Waals surface area contributed by atoms with E-state index in [1.165, 1.54) is 12.4 Å². The molecular weight excluding hydrogens is 218 g/mol. The van der Waals surface area contributed by atoms with Gasteiger partial charge in [-0.1, -0.05) is 6.07 Å². The summed E-state index contributed by atoms with van der Waals surface area (Å²) in [5, 5.41) is 0. The summed E-state index contributed by atoms with van der Waals surface area (Å²) in [6, 6.07) is 7.55. The highest BCUT2D eigenvalue weighted by Crippen LogP contribution is 2.22. The molecule has 0 fully saturated rings. The van der Waals surface area contributed by atoms with Crippen LogP contribution in [0.4, 0.5) is 5.69 Å². The van der Waals surface area contributed by atoms with Crippen molar-refractivity contribution in [2.24, 2.45) is 0 Å². The molecule has 1 aromatic heterocycles. The summed E-state index contributed by atoms with van der Waals surface area (Å²) in [6.45, 7) is 2.54. The van der Waals surface area contributed by atoms with Gasteiger partial charge in [-0.05, 0) is 19.1 Å². The van der Waals surface area contributed by atoms with Crippen LogP contribution in [-0.2, 0) is 0 Å². The summed E-state index contributed by atoms with van der Waals surface area (Å²) in [7, 11) is 0. The first-order valence-corrected chi connectivity index (χ1v) is 5.26. The predicted octanol–water partition coefficient (Wildman–Crippen LogP) is 2.25. The first-order valence-electron chi connectivity index (χ1n) is 5.26. The number of rotatable bonds is 4. The van der Waals surface area contributed by atoms with Gasteiger partial charge in [0, 0.05) is 6.07 Å². The molecule has 0 amide bonds. The number of nitrogens with two attached hydrogens (primary N) is 1. The Labute approximate surface area is 99.2 Å². The van der Waals surface area contributed by atoms with Gasteiger partial charge >= 0.3 is 6.01 Å². The normalized spacial score (nSPS) is 9.94. The van der Waals surface area contributed by atoms with E-state index in [0.717, 1.165) is 5.75 Å². The maximum absolute atomic E-state index is 5.48. The second-order valence-corrected chi connectivity index (χ2v) is 3.31. The zero-order chi connectivity index (χ0) is 12.1. The molecular formula is C12H13N3O2. The molecule has 0 radical (unpaired) electrons. The number of hydrogen-bond acceptors (Lipinski definition) is 5. The van der Waals surface area contributed by atoms with Crippen LogP contribution in [0.15, 0.2) is 36.7 Å². The minimum absolute atomic E-state index is 0.257. The summed E-state index contributed by atoms with van der Waals surface area (Å²) < 4.78 is 10.8. The molecule has 2 N–H and O–H groups in total. The minimum atomic E-state index is 0.257. The van der Waals surface area contributed by atoms with Gasteiger partial charge in [0.05, 0.1) is 24.7 Å². The number of benzene rings is 1. The van der Waals surface area contributed by atoms with Crippen LogP contribution in [0.1, 0.15) is 6.92 Å². The second-order valence-electron chi connectivity index (χ2n) is 3.31. The standard InChI is InChI=1S/C12H13N3O2/c1-2-16-10-4-3-5-11(6-10)17-12-14-7-9(13)8-15-12/h3-8H,2,13H2,1H3. The number of hydrogen-bond donors (Lipinski definition) is 1. The largest absolute Gasteiger partial charge is 0.494 e. The zero-order valence-electron chi connectivity index (χ0n) is 9.46. The van der Waals surface area contributed by atoms with E-state index in [1.807, 2.05) is 25.1 Å². The molecule has 0 spiro atoms. The Balaban J connectivity index is 2.12. The average Bonchev–Trinajstić information content (AvgIpc) is 2.33. The first kappa shape index (κ1) is 11.2. The Morgan fingerprint density at radius 2 is 1.88 bits per heavy atom. The van der Waals surface area contributed by atoms with Crippen molar-refractivity contribution in [3.05, 3.63) is 36.7 Å². The van der Waals surface area contributed by atoms with Crippen molar-refractivity contribution in [3.8, 4) is 17.5 Å². The van der Waals surface area contributed by atoms with Gasteiger partial charge in [-0.25, -0.2) is 9.97 Å². The molecule has 0 unspecified atom stereocenters. The van der Waals surface area contributed by atoms with Crippen molar-refractivity contribution < 1.29 is 9.47 Å². The molecule has 0 bridgehead atoms. The Morgan fingerprint density at radius 1 is 1.18 bits per heavy atom. The van der Waals surface area contributed by atoms with Crippen molar-refractivity contribution in [2.45, 2.75) is 6.92 Å². The lowest BCUT2D eigenvalue weighted by atomic mass is 10.3. The van der Waals surface area contributed by atoms with E-state index in [2.05, 4.69) is 9.97 Å². The van der Waals surface area contributed by atoms with Crippen LogP contribution < -0.4 is 15.2 Å². The van der Waals surface area contributed by atoms with E-state index >= 15 is 0 Å². The number of anilines is 1. The molecule has 2 aromatic rings. The monoisotopic (exact) mass is 231 g/mol. The second kappa shape index (κ2) is 5.16. The fourth-order valence-electron chi connectivity index (χ4n) is 1.28. The zero-order valence-corrected chi connectivity index (χ0v) is 9.46. The van der Waals surface area contributed by atoms with Crippen LogP contribution in [0.5, 0.6) is 17.5 Å². The molecule has 88 valence electrons. The van der Waals surface area contributed by atoms with E-state index in [9.17, 15) is 0 Å². The molecule has 0 aliphatic heterocycles. The quantitative estimate of drug-likeness (QED) is 0.873. The lowest BCUT2D eigenvalue weighted by molar-refractivity contribution is 0.337. The molecule has 2 rings (SSSR count). The summed E-state index contributed by atoms with van der Waals surface area (Å²) in [4.78, 5) is 7.90. The Morgan fingerprint density at radius 3 is 2.59 bits per heavy atom. The number of aromatic nitrogens is 2. The molecule has 0 atom stereocenters. The SMILES string of the molecule is CCOc1cccc(Oc2ncc(N)cn2)c1. The van der Waals surface area contributed by atoms with E-state index in [4.69, 9.17) is 15.2 Å². The molecule has 0 aliphatic carbocycles. The van der Waals surface area contributed by atoms with Crippen LogP contribution in [0.2, 0.25) is 0 Å². The molecule has 0 saturated carbocycles. The van der Waals surface area contributed by atoms with Crippen molar-refractivity contribution in [1.29, 1.82) is 0 Å². The van der Waals surface area contributed by atoms with Crippen LogP contribution >= 0.6 is 0 Å². The number of nitrogens with zero attached hydrogens (tertiary/aromatic N) is 2. The average molecular weight is 231 g/mol. The highest BCUT2D eigenvalue weighted by Gasteiger charge is 2.01. The van der Waals surface area contributed by atoms with Gasteiger partial charge in [-0.15, -0.1) is 0 Å². The maximum atomic E-state index is 5.48. The smallest absolute Gasteiger partial charge is 0.322 e. The van der Waals surface area contributed by atoms with Crippen LogP contribution in [0.3, 0.4) is 0 Å². The van der Waals surface area contributed by atoms with Crippen LogP contribution in [0, 0.1) is 0 Å². The molecule has 5 nitrogen and oxygen atoms in total. The third-order valence-corrected chi connectivity index (χ3v) is 1.97. The molecule has 0 aliphatic rings. The summed E-state index contributed by atoms with van der Waals surface area (Å²) >= 11 is 0. The van der Waals surface area contributed by atoms with Gasteiger partial charge < -0.3 is 15.2 Å². The predicted molar refractivity (Wildman–Crippen MR) is 64.1 cm³/mol. The van der Waals surface area contributed by atoms with E-state index in [0.29, 0.717) is 18.0 Å². The number of nitrogen functional groups attached to an aromatic ring is 1. The molecule has 1 heterocycles. The Bertz CT molecular complexity index is 485. The van der Waals surface area contributed by atoms with Gasteiger partial charge in [0.1, 0.15) is 11.5 Å². The Kier molecular flexibility index (Phi) is 3.40. The van der Waals surface area contributed by atoms with Crippen LogP contribution in [0.25, 0.3) is 0 Å². The molecule has 5 heteroatoms. The first-order chi connectivity index (χ1) is 8.28. The third kappa shape index (κ3) is 3.07. The van der Waals surface area contributed by atoms with Crippen molar-refractivity contribution >= 4 is 5.69 Å². The molecule has 0 saturated heterocycles. The number of ether oxygens (including phenoxy) is 2. The van der Waals surface area contributed by atoms with Crippen molar-refractivity contribution in [3.63, 3.8) is 0 Å². The van der Waals surface area contributed by atoms with Gasteiger partial charge in [-0.2, -0.15) is 0 Å². The highest BCUT2D eigenvalue weighted by molar-refractivity contribution is 5.35. The van der Waals surface area contributed by atoms with E-state index < -0.39 is 0 Å². The Hall–Kier alpha value is -2.30. The van der Waals surface area contributed by atoms with Crippen molar-refractivity contribution in [1.82, 2.24) is 9.97 Å². The van der Waals surface area contributed by atoms with Crippen molar-refractivity contribution in [2.75, 3.05) is 12.3 Å². The molecule has 1 aromatic carbocycles. The lowest BCUT2D eigenvalue weighted by Crippen LogP contribution is -1.95.